The second-order valence-electron chi connectivity index (χ2n) is 10.8. The molecule has 1 aromatic carbocycles. The van der Waals surface area contributed by atoms with Crippen molar-refractivity contribution in [2.75, 3.05) is 23.4 Å². The standard InChI is InChI=1S/C30H30FN5O4S/c1-34-14-17(10-24(29(34)38)32-27-13-19-16-40-9-8-36(19)33-27)22-11-18(31)12-25(23(22)15-37)35-7-6-21-20-4-2-3-5-26(20)41-28(21)30(35)39/h10-14,37H,2-9,15-16H2,1H3,(H,32,33). The molecule has 0 unspecified atom stereocenters. The van der Waals surface area contributed by atoms with Crippen LogP contribution < -0.4 is 15.8 Å². The zero-order valence-electron chi connectivity index (χ0n) is 22.7. The van der Waals surface area contributed by atoms with Crippen molar-refractivity contribution in [1.82, 2.24) is 14.3 Å². The number of carbonyl (C=O) groups is 1. The number of nitrogens with zero attached hydrogens (tertiary/aromatic N) is 4. The zero-order valence-corrected chi connectivity index (χ0v) is 23.5. The molecule has 0 atom stereocenters. The fourth-order valence-electron chi connectivity index (χ4n) is 6.27. The number of carbonyl (C=O) groups excluding carboxylic acids is 1. The first kappa shape index (κ1) is 26.1. The average Bonchev–Trinajstić information content (AvgIpc) is 3.56. The maximum absolute atomic E-state index is 15.2. The van der Waals surface area contributed by atoms with Gasteiger partial charge in [0.1, 0.15) is 11.5 Å². The van der Waals surface area contributed by atoms with E-state index < -0.39 is 12.4 Å². The molecule has 212 valence electrons. The molecule has 3 aromatic heterocycles. The van der Waals surface area contributed by atoms with Crippen LogP contribution in [0.1, 0.15) is 49.8 Å². The van der Waals surface area contributed by atoms with Gasteiger partial charge in [-0.05, 0) is 67.0 Å². The van der Waals surface area contributed by atoms with Gasteiger partial charge in [-0.2, -0.15) is 5.10 Å². The van der Waals surface area contributed by atoms with Crippen LogP contribution in [-0.4, -0.2) is 38.5 Å². The van der Waals surface area contributed by atoms with Gasteiger partial charge in [-0.25, -0.2) is 4.39 Å². The largest absolute Gasteiger partial charge is 0.392 e. The van der Waals surface area contributed by atoms with E-state index in [1.54, 1.807) is 35.5 Å². The molecule has 9 nitrogen and oxygen atoms in total. The van der Waals surface area contributed by atoms with Crippen LogP contribution in [0.5, 0.6) is 0 Å². The third kappa shape index (κ3) is 4.48. The summed E-state index contributed by atoms with van der Waals surface area (Å²) >= 11 is 1.57. The number of fused-ring (bicyclic) bond motifs is 4. The molecule has 41 heavy (non-hydrogen) atoms. The van der Waals surface area contributed by atoms with Gasteiger partial charge in [0, 0.05) is 41.9 Å². The Bertz CT molecular complexity index is 1730. The molecule has 3 aliphatic rings. The Balaban J connectivity index is 1.27. The van der Waals surface area contributed by atoms with Gasteiger partial charge in [-0.3, -0.25) is 14.3 Å². The Hall–Kier alpha value is -3.80. The van der Waals surface area contributed by atoms with Crippen molar-refractivity contribution in [2.24, 2.45) is 7.05 Å². The predicted molar refractivity (Wildman–Crippen MR) is 155 cm³/mol. The van der Waals surface area contributed by atoms with Crippen molar-refractivity contribution in [3.05, 3.63) is 78.8 Å². The van der Waals surface area contributed by atoms with Crippen molar-refractivity contribution in [3.63, 3.8) is 0 Å². The Labute approximate surface area is 239 Å². The fraction of sp³-hybridized carbons (Fsp3) is 0.367. The summed E-state index contributed by atoms with van der Waals surface area (Å²) < 4.78 is 24.0. The van der Waals surface area contributed by atoms with Crippen LogP contribution in [0.4, 0.5) is 21.6 Å². The van der Waals surface area contributed by atoms with Crippen molar-refractivity contribution in [3.8, 4) is 11.1 Å². The SMILES string of the molecule is Cn1cc(-c2cc(F)cc(N3CCc4c(sc5c4CCCC5)C3=O)c2CO)cc(Nc2cc3n(n2)CCOC3)c1=O. The summed E-state index contributed by atoms with van der Waals surface area (Å²) in [5, 5.41) is 18.2. The minimum atomic E-state index is -0.526. The van der Waals surface area contributed by atoms with E-state index in [1.165, 1.54) is 27.1 Å². The van der Waals surface area contributed by atoms with Gasteiger partial charge in [0.2, 0.25) is 0 Å². The Morgan fingerprint density at radius 1 is 1.10 bits per heavy atom. The number of halogens is 1. The zero-order chi connectivity index (χ0) is 28.2. The lowest BCUT2D eigenvalue weighted by Gasteiger charge is -2.30. The highest BCUT2D eigenvalue weighted by molar-refractivity contribution is 7.14. The van der Waals surface area contributed by atoms with Crippen molar-refractivity contribution < 1.29 is 19.0 Å². The molecule has 0 saturated carbocycles. The third-order valence-electron chi connectivity index (χ3n) is 8.26. The molecule has 5 heterocycles. The molecular weight excluding hydrogens is 545 g/mol. The van der Waals surface area contributed by atoms with Crippen LogP contribution in [0, 0.1) is 5.82 Å². The second kappa shape index (κ2) is 10.2. The normalized spacial score (nSPS) is 16.4. The molecule has 0 radical (unpaired) electrons. The Kier molecular flexibility index (Phi) is 6.52. The van der Waals surface area contributed by atoms with Crippen LogP contribution in [-0.2, 0) is 50.8 Å². The maximum atomic E-state index is 15.2. The number of ether oxygens (including phenoxy) is 1. The van der Waals surface area contributed by atoms with E-state index in [0.29, 0.717) is 60.9 Å². The molecular formula is C30H30FN5O4S. The monoisotopic (exact) mass is 575 g/mol. The van der Waals surface area contributed by atoms with Crippen LogP contribution in [0.15, 0.2) is 35.3 Å². The topological polar surface area (TPSA) is 102 Å². The molecule has 0 fully saturated rings. The van der Waals surface area contributed by atoms with Gasteiger partial charge in [0.05, 0.1) is 42.6 Å². The first-order valence-corrected chi connectivity index (χ1v) is 14.7. The number of aryl methyl sites for hydroxylation is 2. The van der Waals surface area contributed by atoms with E-state index in [1.807, 2.05) is 10.7 Å². The molecule has 0 spiro atoms. The number of aromatic nitrogens is 3. The summed E-state index contributed by atoms with van der Waals surface area (Å²) in [5.41, 5.74) is 5.12. The highest BCUT2D eigenvalue weighted by atomic mass is 32.1. The number of amides is 1. The van der Waals surface area contributed by atoms with Crippen molar-refractivity contribution in [2.45, 2.75) is 51.9 Å². The summed E-state index contributed by atoms with van der Waals surface area (Å²) in [5.74, 6) is -0.163. The molecule has 4 aromatic rings. The van der Waals surface area contributed by atoms with E-state index in [-0.39, 0.29) is 17.2 Å². The second-order valence-corrected chi connectivity index (χ2v) is 11.9. The predicted octanol–water partition coefficient (Wildman–Crippen LogP) is 4.30. The maximum Gasteiger partial charge on any atom is 0.274 e. The Morgan fingerprint density at radius 3 is 2.78 bits per heavy atom. The van der Waals surface area contributed by atoms with E-state index >= 15 is 4.39 Å². The van der Waals surface area contributed by atoms with Crippen molar-refractivity contribution >= 4 is 34.4 Å². The molecule has 0 bridgehead atoms. The summed E-state index contributed by atoms with van der Waals surface area (Å²) in [6.45, 7) is 1.67. The van der Waals surface area contributed by atoms with Crippen LogP contribution >= 0.6 is 11.3 Å². The molecule has 1 amide bonds. The minimum absolute atomic E-state index is 0.146. The molecule has 0 saturated heterocycles. The number of hydrogen-bond acceptors (Lipinski definition) is 7. The summed E-state index contributed by atoms with van der Waals surface area (Å²) in [6, 6.07) is 6.14. The molecule has 2 N–H and O–H groups in total. The summed E-state index contributed by atoms with van der Waals surface area (Å²) in [4.78, 5) is 30.4. The van der Waals surface area contributed by atoms with E-state index in [0.717, 1.165) is 41.8 Å². The number of anilines is 3. The van der Waals surface area contributed by atoms with Gasteiger partial charge in [-0.15, -0.1) is 11.3 Å². The number of rotatable bonds is 5. The third-order valence-corrected chi connectivity index (χ3v) is 9.59. The minimum Gasteiger partial charge on any atom is -0.392 e. The molecule has 7 rings (SSSR count). The van der Waals surface area contributed by atoms with Gasteiger partial charge in [-0.1, -0.05) is 0 Å². The number of aliphatic hydroxyl groups is 1. The van der Waals surface area contributed by atoms with Gasteiger partial charge >= 0.3 is 0 Å². The smallest absolute Gasteiger partial charge is 0.274 e. The number of aliphatic hydroxyl groups excluding tert-OH is 1. The lowest BCUT2D eigenvalue weighted by atomic mass is 9.91. The van der Waals surface area contributed by atoms with Crippen LogP contribution in [0.3, 0.4) is 0 Å². The fourth-order valence-corrected chi connectivity index (χ4v) is 7.66. The average molecular weight is 576 g/mol. The molecule has 1 aliphatic carbocycles. The van der Waals surface area contributed by atoms with Crippen molar-refractivity contribution in [1.29, 1.82) is 0 Å². The van der Waals surface area contributed by atoms with Crippen LogP contribution in [0.25, 0.3) is 11.1 Å². The lowest BCUT2D eigenvalue weighted by Crippen LogP contribution is -2.37. The van der Waals surface area contributed by atoms with Crippen LogP contribution in [0.2, 0.25) is 0 Å². The molecule has 11 heteroatoms. The highest BCUT2D eigenvalue weighted by Gasteiger charge is 2.33. The van der Waals surface area contributed by atoms with Gasteiger partial charge < -0.3 is 24.6 Å². The van der Waals surface area contributed by atoms with E-state index in [4.69, 9.17) is 4.74 Å². The summed E-state index contributed by atoms with van der Waals surface area (Å²) in [7, 11) is 1.62. The number of benzene rings is 1. The van der Waals surface area contributed by atoms with Gasteiger partial charge in [0.15, 0.2) is 5.82 Å². The van der Waals surface area contributed by atoms with Gasteiger partial charge in [0.25, 0.3) is 11.5 Å². The highest BCUT2D eigenvalue weighted by Crippen LogP contribution is 2.41. The Morgan fingerprint density at radius 2 is 1.95 bits per heavy atom. The molecule has 2 aliphatic heterocycles. The summed E-state index contributed by atoms with van der Waals surface area (Å²) in [6.07, 6.45) is 6.62. The number of thiophene rings is 1. The quantitative estimate of drug-likeness (QED) is 0.368. The first-order chi connectivity index (χ1) is 19.9. The van der Waals surface area contributed by atoms with E-state index in [2.05, 4.69) is 10.4 Å². The number of pyridine rings is 1. The first-order valence-electron chi connectivity index (χ1n) is 13.9. The number of nitrogens with one attached hydrogen (secondary N) is 1. The lowest BCUT2D eigenvalue weighted by molar-refractivity contribution is 0.0801. The van der Waals surface area contributed by atoms with E-state index in [9.17, 15) is 14.7 Å². The number of hydrogen-bond donors (Lipinski definition) is 2.